The molecule has 4 nitrogen and oxygen atoms in total. The average molecular weight is 167 g/mol. The van der Waals surface area contributed by atoms with Crippen molar-refractivity contribution in [2.24, 2.45) is 0 Å². The summed E-state index contributed by atoms with van der Waals surface area (Å²) >= 11 is 0. The maximum Gasteiger partial charge on any atom is 0.492 e. The Labute approximate surface area is 71.3 Å². The number of aromatic nitrogens is 1. The summed E-state index contributed by atoms with van der Waals surface area (Å²) in [7, 11) is 2.03. The molecule has 1 N–H and O–H groups in total. The lowest BCUT2D eigenvalue weighted by atomic mass is 9.81. The lowest BCUT2D eigenvalue weighted by Crippen LogP contribution is -2.32. The summed E-state index contributed by atoms with van der Waals surface area (Å²) in [5.74, 6) is 0.601. The summed E-state index contributed by atoms with van der Waals surface area (Å²) < 4.78 is 9.62. The van der Waals surface area contributed by atoms with Crippen LogP contribution in [0, 0.1) is 0 Å². The van der Waals surface area contributed by atoms with Crippen molar-refractivity contribution >= 4 is 12.6 Å². The number of hydrogen-bond donors (Lipinski definition) is 1. The van der Waals surface area contributed by atoms with Gasteiger partial charge in [0.15, 0.2) is 0 Å². The van der Waals surface area contributed by atoms with Gasteiger partial charge in [0.1, 0.15) is 5.75 Å². The normalized spacial score (nSPS) is 9.58. The molecule has 0 saturated carbocycles. The Hall–Kier alpha value is -1.07. The Morgan fingerprint density at radius 2 is 2.17 bits per heavy atom. The number of ether oxygens (including phenoxy) is 1. The van der Waals surface area contributed by atoms with E-state index in [2.05, 4.69) is 4.98 Å². The SMILES string of the molecule is COB(O)c1cncc(OC)c1. The van der Waals surface area contributed by atoms with Crippen LogP contribution in [0.2, 0.25) is 0 Å². The van der Waals surface area contributed by atoms with Crippen molar-refractivity contribution in [3.05, 3.63) is 18.5 Å². The summed E-state index contributed by atoms with van der Waals surface area (Å²) in [6.07, 6.45) is 3.09. The standard InChI is InChI=1S/C7H10BNO3/c1-11-7-3-6(4-9-5-7)8(10)12-2/h3-5,10H,1-2H3. The van der Waals surface area contributed by atoms with Crippen LogP contribution >= 0.6 is 0 Å². The van der Waals surface area contributed by atoms with E-state index in [1.807, 2.05) is 0 Å². The van der Waals surface area contributed by atoms with Gasteiger partial charge in [-0.1, -0.05) is 0 Å². The highest BCUT2D eigenvalue weighted by Crippen LogP contribution is 2.03. The molecule has 0 radical (unpaired) electrons. The van der Waals surface area contributed by atoms with Crippen LogP contribution in [0.1, 0.15) is 0 Å². The maximum absolute atomic E-state index is 9.23. The van der Waals surface area contributed by atoms with Gasteiger partial charge >= 0.3 is 7.12 Å². The van der Waals surface area contributed by atoms with Gasteiger partial charge < -0.3 is 14.4 Å². The van der Waals surface area contributed by atoms with Gasteiger partial charge in [-0.05, 0) is 6.07 Å². The van der Waals surface area contributed by atoms with Crippen molar-refractivity contribution < 1.29 is 14.4 Å². The van der Waals surface area contributed by atoms with E-state index in [-0.39, 0.29) is 0 Å². The summed E-state index contributed by atoms with van der Waals surface area (Å²) in [5, 5.41) is 9.23. The Morgan fingerprint density at radius 1 is 1.42 bits per heavy atom. The average Bonchev–Trinajstić information content (AvgIpc) is 2.17. The molecule has 0 atom stereocenters. The molecule has 0 aliphatic carbocycles. The zero-order valence-corrected chi connectivity index (χ0v) is 7.02. The molecule has 5 heteroatoms. The highest BCUT2D eigenvalue weighted by atomic mass is 16.5. The topological polar surface area (TPSA) is 51.6 Å². The van der Waals surface area contributed by atoms with Crippen LogP contribution in [0.3, 0.4) is 0 Å². The fraction of sp³-hybridized carbons (Fsp3) is 0.286. The van der Waals surface area contributed by atoms with Crippen molar-refractivity contribution in [1.82, 2.24) is 4.98 Å². The highest BCUT2D eigenvalue weighted by Gasteiger charge is 2.14. The first kappa shape index (κ1) is 9.03. The molecule has 0 aromatic carbocycles. The summed E-state index contributed by atoms with van der Waals surface area (Å²) in [4.78, 5) is 3.86. The number of hydrogen-bond acceptors (Lipinski definition) is 4. The molecule has 0 fully saturated rings. The van der Waals surface area contributed by atoms with Crippen LogP contribution in [0.4, 0.5) is 0 Å². The summed E-state index contributed by atoms with van der Waals surface area (Å²) in [6, 6.07) is 1.67. The molecule has 1 rings (SSSR count). The third-order valence-corrected chi connectivity index (χ3v) is 1.48. The Morgan fingerprint density at radius 3 is 2.75 bits per heavy atom. The third-order valence-electron chi connectivity index (χ3n) is 1.48. The van der Waals surface area contributed by atoms with E-state index in [9.17, 15) is 5.02 Å². The Balaban J connectivity index is 2.86. The Kier molecular flexibility index (Phi) is 3.07. The lowest BCUT2D eigenvalue weighted by Gasteiger charge is -2.04. The van der Waals surface area contributed by atoms with E-state index in [1.165, 1.54) is 13.3 Å². The molecule has 0 spiro atoms. The van der Waals surface area contributed by atoms with Crippen molar-refractivity contribution in [2.75, 3.05) is 14.2 Å². The van der Waals surface area contributed by atoms with Crippen molar-refractivity contribution in [3.8, 4) is 5.75 Å². The molecule has 1 heterocycles. The predicted molar refractivity (Wildman–Crippen MR) is 45.4 cm³/mol. The van der Waals surface area contributed by atoms with E-state index in [4.69, 9.17) is 9.39 Å². The van der Waals surface area contributed by atoms with Crippen molar-refractivity contribution in [1.29, 1.82) is 0 Å². The predicted octanol–water partition coefficient (Wildman–Crippen LogP) is -0.576. The molecule has 1 aromatic heterocycles. The quantitative estimate of drug-likeness (QED) is 0.612. The molecule has 12 heavy (non-hydrogen) atoms. The molecule has 0 aliphatic rings. The summed E-state index contributed by atoms with van der Waals surface area (Å²) in [6.45, 7) is 0. The number of rotatable bonds is 3. The van der Waals surface area contributed by atoms with E-state index < -0.39 is 7.12 Å². The molecule has 0 unspecified atom stereocenters. The number of nitrogens with zero attached hydrogens (tertiary/aromatic N) is 1. The van der Waals surface area contributed by atoms with Gasteiger partial charge in [0.05, 0.1) is 13.3 Å². The maximum atomic E-state index is 9.23. The molecular weight excluding hydrogens is 157 g/mol. The fourth-order valence-corrected chi connectivity index (χ4v) is 0.818. The number of methoxy groups -OCH3 is 1. The zero-order valence-electron chi connectivity index (χ0n) is 7.02. The highest BCUT2D eigenvalue weighted by molar-refractivity contribution is 6.59. The van der Waals surface area contributed by atoms with Crippen LogP contribution in [0.5, 0.6) is 5.75 Å². The van der Waals surface area contributed by atoms with E-state index in [0.29, 0.717) is 11.2 Å². The molecule has 0 aliphatic heterocycles. The van der Waals surface area contributed by atoms with E-state index >= 15 is 0 Å². The first-order valence-electron chi connectivity index (χ1n) is 3.47. The van der Waals surface area contributed by atoms with Crippen LogP contribution in [-0.2, 0) is 4.65 Å². The van der Waals surface area contributed by atoms with Gasteiger partial charge in [0.25, 0.3) is 0 Å². The monoisotopic (exact) mass is 167 g/mol. The first-order chi connectivity index (χ1) is 5.77. The van der Waals surface area contributed by atoms with Gasteiger partial charge in [-0.3, -0.25) is 4.98 Å². The van der Waals surface area contributed by atoms with Gasteiger partial charge in [-0.2, -0.15) is 0 Å². The molecule has 0 bridgehead atoms. The number of pyridine rings is 1. The second-order valence-electron chi connectivity index (χ2n) is 2.25. The van der Waals surface area contributed by atoms with Gasteiger partial charge in [0, 0.05) is 18.8 Å². The zero-order chi connectivity index (χ0) is 8.97. The van der Waals surface area contributed by atoms with Crippen LogP contribution < -0.4 is 10.2 Å². The minimum absolute atomic E-state index is 0.580. The van der Waals surface area contributed by atoms with Crippen LogP contribution in [-0.4, -0.2) is 31.3 Å². The lowest BCUT2D eigenvalue weighted by molar-refractivity contribution is 0.341. The second kappa shape index (κ2) is 4.08. The van der Waals surface area contributed by atoms with Crippen molar-refractivity contribution in [3.63, 3.8) is 0 Å². The molecule has 64 valence electrons. The fourth-order valence-electron chi connectivity index (χ4n) is 0.818. The smallest absolute Gasteiger partial charge is 0.492 e. The van der Waals surface area contributed by atoms with Crippen molar-refractivity contribution in [2.45, 2.75) is 0 Å². The Bertz CT molecular complexity index is 256. The van der Waals surface area contributed by atoms with Gasteiger partial charge in [-0.25, -0.2) is 0 Å². The van der Waals surface area contributed by atoms with Crippen LogP contribution in [0.15, 0.2) is 18.5 Å². The van der Waals surface area contributed by atoms with Crippen LogP contribution in [0.25, 0.3) is 0 Å². The minimum atomic E-state index is -0.937. The summed E-state index contributed by atoms with van der Waals surface area (Å²) in [5.41, 5.74) is 0.580. The van der Waals surface area contributed by atoms with E-state index in [0.717, 1.165) is 0 Å². The largest absolute Gasteiger partial charge is 0.495 e. The molecular formula is C7H10BNO3. The molecule has 0 amide bonds. The van der Waals surface area contributed by atoms with Gasteiger partial charge in [0.2, 0.25) is 0 Å². The van der Waals surface area contributed by atoms with E-state index in [1.54, 1.807) is 19.4 Å². The second-order valence-corrected chi connectivity index (χ2v) is 2.25. The molecule has 1 aromatic rings. The first-order valence-corrected chi connectivity index (χ1v) is 3.47. The van der Waals surface area contributed by atoms with Gasteiger partial charge in [-0.15, -0.1) is 0 Å². The molecule has 0 saturated heterocycles. The third kappa shape index (κ3) is 1.96. The minimum Gasteiger partial charge on any atom is -0.495 e.